The second kappa shape index (κ2) is 5.73. The van der Waals surface area contributed by atoms with Crippen LogP contribution >= 0.6 is 0 Å². The summed E-state index contributed by atoms with van der Waals surface area (Å²) in [5, 5.41) is 11.8. The highest BCUT2D eigenvalue weighted by Crippen LogP contribution is 2.23. The molecule has 0 aliphatic carbocycles. The summed E-state index contributed by atoms with van der Waals surface area (Å²) in [6.07, 6.45) is 1.56. The first-order valence-electron chi connectivity index (χ1n) is 6.42. The Balaban J connectivity index is 1.97. The monoisotopic (exact) mass is 262 g/mol. The van der Waals surface area contributed by atoms with Crippen LogP contribution in [0.4, 0.5) is 5.69 Å². The first-order chi connectivity index (χ1) is 9.08. The van der Waals surface area contributed by atoms with Crippen LogP contribution in [0.5, 0.6) is 0 Å². The number of aliphatic carboxylic acids is 1. The van der Waals surface area contributed by atoms with E-state index >= 15 is 0 Å². The standard InChI is InChI=1S/C14H18N2O3/c1-16(8-2-3-13(17)18)14(19)11-5-4-10-6-7-15-12(10)9-11/h4-5,9,15H,2-3,6-8H2,1H3,(H,17,18). The second-order valence-corrected chi connectivity index (χ2v) is 4.77. The van der Waals surface area contributed by atoms with E-state index in [-0.39, 0.29) is 12.3 Å². The fraction of sp³-hybridized carbons (Fsp3) is 0.429. The van der Waals surface area contributed by atoms with Gasteiger partial charge in [0.2, 0.25) is 0 Å². The zero-order valence-corrected chi connectivity index (χ0v) is 11.0. The summed E-state index contributed by atoms with van der Waals surface area (Å²) in [6, 6.07) is 5.69. The van der Waals surface area contributed by atoms with Crippen LogP contribution < -0.4 is 5.32 Å². The van der Waals surface area contributed by atoms with Gasteiger partial charge in [0.15, 0.2) is 0 Å². The predicted molar refractivity (Wildman–Crippen MR) is 72.5 cm³/mol. The molecule has 19 heavy (non-hydrogen) atoms. The number of fused-ring (bicyclic) bond motifs is 1. The van der Waals surface area contributed by atoms with Gasteiger partial charge in [-0.15, -0.1) is 0 Å². The molecule has 0 bridgehead atoms. The smallest absolute Gasteiger partial charge is 0.303 e. The summed E-state index contributed by atoms with van der Waals surface area (Å²) in [6.45, 7) is 1.37. The second-order valence-electron chi connectivity index (χ2n) is 4.77. The van der Waals surface area contributed by atoms with Crippen LogP contribution in [0.15, 0.2) is 18.2 Å². The molecule has 5 nitrogen and oxygen atoms in total. The number of hydrogen-bond acceptors (Lipinski definition) is 3. The Kier molecular flexibility index (Phi) is 4.04. The highest BCUT2D eigenvalue weighted by molar-refractivity contribution is 5.95. The molecular formula is C14H18N2O3. The van der Waals surface area contributed by atoms with Gasteiger partial charge in [-0.2, -0.15) is 0 Å². The van der Waals surface area contributed by atoms with Crippen LogP contribution in [-0.4, -0.2) is 42.0 Å². The Hall–Kier alpha value is -2.04. The highest BCUT2D eigenvalue weighted by Gasteiger charge is 2.16. The number of rotatable bonds is 5. The molecule has 0 spiro atoms. The summed E-state index contributed by atoms with van der Waals surface area (Å²) < 4.78 is 0. The molecule has 0 aromatic heterocycles. The van der Waals surface area contributed by atoms with E-state index in [1.807, 2.05) is 18.2 Å². The third-order valence-electron chi connectivity index (χ3n) is 3.30. The van der Waals surface area contributed by atoms with Gasteiger partial charge in [-0.1, -0.05) is 6.07 Å². The number of nitrogens with zero attached hydrogens (tertiary/aromatic N) is 1. The Labute approximate surface area is 112 Å². The lowest BCUT2D eigenvalue weighted by Crippen LogP contribution is -2.28. The number of carboxylic acids is 1. The van der Waals surface area contributed by atoms with E-state index in [1.165, 1.54) is 5.56 Å². The molecule has 1 aromatic carbocycles. The van der Waals surface area contributed by atoms with Gasteiger partial charge in [0.05, 0.1) is 0 Å². The van der Waals surface area contributed by atoms with Crippen molar-refractivity contribution in [2.45, 2.75) is 19.3 Å². The first-order valence-corrected chi connectivity index (χ1v) is 6.42. The van der Waals surface area contributed by atoms with Crippen LogP contribution in [0.1, 0.15) is 28.8 Å². The normalized spacial score (nSPS) is 12.7. The van der Waals surface area contributed by atoms with Gasteiger partial charge in [0.1, 0.15) is 0 Å². The molecule has 1 aliphatic heterocycles. The van der Waals surface area contributed by atoms with Crippen LogP contribution in [0, 0.1) is 0 Å². The highest BCUT2D eigenvalue weighted by atomic mass is 16.4. The molecule has 1 aliphatic rings. The van der Waals surface area contributed by atoms with Gasteiger partial charge < -0.3 is 15.3 Å². The third-order valence-corrected chi connectivity index (χ3v) is 3.30. The van der Waals surface area contributed by atoms with E-state index in [0.29, 0.717) is 18.5 Å². The van der Waals surface area contributed by atoms with Gasteiger partial charge in [0, 0.05) is 37.8 Å². The van der Waals surface area contributed by atoms with Crippen molar-refractivity contribution in [2.75, 3.05) is 25.5 Å². The number of nitrogens with one attached hydrogen (secondary N) is 1. The minimum atomic E-state index is -0.831. The van der Waals surface area contributed by atoms with Crippen LogP contribution in [0.25, 0.3) is 0 Å². The average molecular weight is 262 g/mol. The molecule has 0 saturated carbocycles. The van der Waals surface area contributed by atoms with E-state index in [4.69, 9.17) is 5.11 Å². The van der Waals surface area contributed by atoms with Crippen molar-refractivity contribution in [2.24, 2.45) is 0 Å². The minimum Gasteiger partial charge on any atom is -0.481 e. The van der Waals surface area contributed by atoms with Gasteiger partial charge in [-0.05, 0) is 30.5 Å². The summed E-state index contributed by atoms with van der Waals surface area (Å²) >= 11 is 0. The zero-order valence-electron chi connectivity index (χ0n) is 11.0. The van der Waals surface area contributed by atoms with Crippen molar-refractivity contribution in [3.05, 3.63) is 29.3 Å². The molecule has 0 fully saturated rings. The Morgan fingerprint density at radius 3 is 2.95 bits per heavy atom. The van der Waals surface area contributed by atoms with E-state index in [9.17, 15) is 9.59 Å². The number of carbonyl (C=O) groups excluding carboxylic acids is 1. The Morgan fingerprint density at radius 1 is 1.42 bits per heavy atom. The van der Waals surface area contributed by atoms with E-state index < -0.39 is 5.97 Å². The molecule has 1 amide bonds. The van der Waals surface area contributed by atoms with Crippen LogP contribution in [0.3, 0.4) is 0 Å². The lowest BCUT2D eigenvalue weighted by Gasteiger charge is -2.17. The number of amides is 1. The zero-order chi connectivity index (χ0) is 13.8. The van der Waals surface area contributed by atoms with Crippen molar-refractivity contribution >= 4 is 17.6 Å². The maximum Gasteiger partial charge on any atom is 0.303 e. The van der Waals surface area contributed by atoms with Crippen molar-refractivity contribution in [1.29, 1.82) is 0 Å². The largest absolute Gasteiger partial charge is 0.481 e. The molecule has 0 radical (unpaired) electrons. The van der Waals surface area contributed by atoms with E-state index in [1.54, 1.807) is 11.9 Å². The fourth-order valence-electron chi connectivity index (χ4n) is 2.21. The number of hydrogen-bond donors (Lipinski definition) is 2. The number of anilines is 1. The molecule has 0 saturated heterocycles. The molecule has 0 atom stereocenters. The summed E-state index contributed by atoms with van der Waals surface area (Å²) in [5.74, 6) is -0.899. The molecule has 2 N–H and O–H groups in total. The summed E-state index contributed by atoms with van der Waals surface area (Å²) in [7, 11) is 1.70. The van der Waals surface area contributed by atoms with E-state index in [0.717, 1.165) is 18.7 Å². The SMILES string of the molecule is CN(CCCC(=O)O)C(=O)c1ccc2c(c1)NCC2. The molecule has 1 aromatic rings. The van der Waals surface area contributed by atoms with Gasteiger partial charge in [-0.25, -0.2) is 0 Å². The van der Waals surface area contributed by atoms with Crippen molar-refractivity contribution in [1.82, 2.24) is 4.90 Å². The van der Waals surface area contributed by atoms with Crippen molar-refractivity contribution in [3.63, 3.8) is 0 Å². The van der Waals surface area contributed by atoms with E-state index in [2.05, 4.69) is 5.32 Å². The lowest BCUT2D eigenvalue weighted by molar-refractivity contribution is -0.137. The quantitative estimate of drug-likeness (QED) is 0.845. The van der Waals surface area contributed by atoms with Crippen LogP contribution in [0.2, 0.25) is 0 Å². The maximum atomic E-state index is 12.2. The van der Waals surface area contributed by atoms with Crippen molar-refractivity contribution in [3.8, 4) is 0 Å². The lowest BCUT2D eigenvalue weighted by atomic mass is 10.1. The molecule has 1 heterocycles. The van der Waals surface area contributed by atoms with Crippen LogP contribution in [-0.2, 0) is 11.2 Å². The van der Waals surface area contributed by atoms with Gasteiger partial charge >= 0.3 is 5.97 Å². The van der Waals surface area contributed by atoms with Gasteiger partial charge in [0.25, 0.3) is 5.91 Å². The number of carboxylic acid groups (broad SMARTS) is 1. The Morgan fingerprint density at radius 2 is 2.21 bits per heavy atom. The van der Waals surface area contributed by atoms with Crippen molar-refractivity contribution < 1.29 is 14.7 Å². The predicted octanol–water partition coefficient (Wildman–Crippen LogP) is 1.59. The molecule has 5 heteroatoms. The minimum absolute atomic E-state index is 0.0677. The number of benzene rings is 1. The molecule has 0 unspecified atom stereocenters. The summed E-state index contributed by atoms with van der Waals surface area (Å²) in [5.41, 5.74) is 2.92. The van der Waals surface area contributed by atoms with Gasteiger partial charge in [-0.3, -0.25) is 9.59 Å². The number of carbonyl (C=O) groups is 2. The Bertz CT molecular complexity index is 499. The average Bonchev–Trinajstić information content (AvgIpc) is 2.84. The first kappa shape index (κ1) is 13.4. The maximum absolute atomic E-state index is 12.2. The molecule has 102 valence electrons. The summed E-state index contributed by atoms with van der Waals surface area (Å²) in [4.78, 5) is 24.2. The molecular weight excluding hydrogens is 244 g/mol. The topological polar surface area (TPSA) is 69.6 Å². The third kappa shape index (κ3) is 3.24. The fourth-order valence-corrected chi connectivity index (χ4v) is 2.21. The molecule has 2 rings (SSSR count).